The summed E-state index contributed by atoms with van der Waals surface area (Å²) in [5.41, 5.74) is 2.32. The van der Waals surface area contributed by atoms with E-state index in [2.05, 4.69) is 50.3 Å². The van der Waals surface area contributed by atoms with E-state index in [1.54, 1.807) is 6.20 Å². The van der Waals surface area contributed by atoms with Gasteiger partial charge in [0.05, 0.1) is 12.2 Å². The highest BCUT2D eigenvalue weighted by atomic mass is 127. The number of guanidine groups is 1. The van der Waals surface area contributed by atoms with Gasteiger partial charge in [-0.25, -0.2) is 4.99 Å². The molecule has 0 amide bonds. The maximum absolute atomic E-state index is 4.70. The van der Waals surface area contributed by atoms with Crippen molar-refractivity contribution in [3.8, 4) is 0 Å². The van der Waals surface area contributed by atoms with Crippen molar-refractivity contribution in [3.05, 3.63) is 52.3 Å². The van der Waals surface area contributed by atoms with Crippen molar-refractivity contribution >= 4 is 45.9 Å². The molecular formula is C16H23BrIN5. The van der Waals surface area contributed by atoms with Crippen LogP contribution in [0.2, 0.25) is 0 Å². The minimum Gasteiger partial charge on any atom is -0.357 e. The van der Waals surface area contributed by atoms with Crippen molar-refractivity contribution in [2.75, 3.05) is 13.6 Å². The van der Waals surface area contributed by atoms with Gasteiger partial charge in [-0.2, -0.15) is 5.10 Å². The first-order valence-corrected chi connectivity index (χ1v) is 8.11. The van der Waals surface area contributed by atoms with Crippen LogP contribution in [-0.4, -0.2) is 34.2 Å². The van der Waals surface area contributed by atoms with Gasteiger partial charge in [-0.15, -0.1) is 24.0 Å². The van der Waals surface area contributed by atoms with E-state index in [1.165, 1.54) is 5.56 Å². The van der Waals surface area contributed by atoms with Gasteiger partial charge in [-0.1, -0.05) is 34.1 Å². The van der Waals surface area contributed by atoms with Crippen molar-refractivity contribution in [2.45, 2.75) is 20.0 Å². The molecule has 1 aromatic carbocycles. The number of aryl methyl sites for hydroxylation is 1. The van der Waals surface area contributed by atoms with Crippen molar-refractivity contribution in [2.24, 2.45) is 12.0 Å². The third-order valence-corrected chi connectivity index (χ3v) is 4.15. The highest BCUT2D eigenvalue weighted by Crippen LogP contribution is 2.17. The second-order valence-corrected chi connectivity index (χ2v) is 5.92. The second-order valence-electron chi connectivity index (χ2n) is 5.06. The molecule has 5 nitrogen and oxygen atoms in total. The molecule has 0 saturated heterocycles. The first-order valence-electron chi connectivity index (χ1n) is 7.31. The molecule has 0 aliphatic carbocycles. The van der Waals surface area contributed by atoms with Crippen LogP contribution in [0, 0.1) is 0 Å². The Balaban J connectivity index is 0.00000264. The molecule has 0 aliphatic heterocycles. The Kier molecular flexibility index (Phi) is 8.60. The van der Waals surface area contributed by atoms with Crippen molar-refractivity contribution in [1.82, 2.24) is 20.0 Å². The quantitative estimate of drug-likeness (QED) is 0.396. The SMILES string of the molecule is CCNC(=NCc1ccnn1C)N(C)Cc1ccccc1Br.I. The molecule has 2 aromatic rings. The predicted octanol–water partition coefficient (Wildman–Crippen LogP) is 3.40. The number of aliphatic imine (C=N–C) groups is 1. The Bertz CT molecular complexity index is 641. The summed E-state index contributed by atoms with van der Waals surface area (Å²) in [4.78, 5) is 6.82. The van der Waals surface area contributed by atoms with Crippen LogP contribution in [0.25, 0.3) is 0 Å². The van der Waals surface area contributed by atoms with Crippen LogP contribution >= 0.6 is 39.9 Å². The van der Waals surface area contributed by atoms with Crippen molar-refractivity contribution < 1.29 is 0 Å². The smallest absolute Gasteiger partial charge is 0.194 e. The largest absolute Gasteiger partial charge is 0.357 e. The van der Waals surface area contributed by atoms with Crippen LogP contribution in [0.3, 0.4) is 0 Å². The highest BCUT2D eigenvalue weighted by Gasteiger charge is 2.09. The van der Waals surface area contributed by atoms with Gasteiger partial charge in [-0.05, 0) is 24.6 Å². The summed E-state index contributed by atoms with van der Waals surface area (Å²) in [5, 5.41) is 7.51. The van der Waals surface area contributed by atoms with Gasteiger partial charge in [-0.3, -0.25) is 4.68 Å². The summed E-state index contributed by atoms with van der Waals surface area (Å²) in [6.45, 7) is 4.31. The van der Waals surface area contributed by atoms with Gasteiger partial charge in [0.1, 0.15) is 0 Å². The lowest BCUT2D eigenvalue weighted by Crippen LogP contribution is -2.38. The average molecular weight is 492 g/mol. The van der Waals surface area contributed by atoms with Gasteiger partial charge in [0.2, 0.25) is 0 Å². The number of nitrogens with zero attached hydrogens (tertiary/aromatic N) is 4. The maximum atomic E-state index is 4.70. The molecule has 0 radical (unpaired) electrons. The molecule has 1 aromatic heterocycles. The molecule has 7 heteroatoms. The molecule has 0 bridgehead atoms. The van der Waals surface area contributed by atoms with E-state index >= 15 is 0 Å². The number of benzene rings is 1. The van der Waals surface area contributed by atoms with E-state index in [9.17, 15) is 0 Å². The number of aromatic nitrogens is 2. The number of hydrogen-bond acceptors (Lipinski definition) is 2. The molecule has 2 rings (SSSR count). The van der Waals surface area contributed by atoms with E-state index in [1.807, 2.05) is 37.0 Å². The predicted molar refractivity (Wildman–Crippen MR) is 109 cm³/mol. The lowest BCUT2D eigenvalue weighted by Gasteiger charge is -2.22. The Morgan fingerprint density at radius 2 is 2.09 bits per heavy atom. The Hall–Kier alpha value is -1.09. The van der Waals surface area contributed by atoms with Gasteiger partial charge < -0.3 is 10.2 Å². The molecule has 126 valence electrons. The second kappa shape index (κ2) is 9.92. The molecule has 1 heterocycles. The molecule has 0 atom stereocenters. The maximum Gasteiger partial charge on any atom is 0.194 e. The molecule has 0 saturated carbocycles. The van der Waals surface area contributed by atoms with Gasteiger partial charge in [0.15, 0.2) is 5.96 Å². The van der Waals surface area contributed by atoms with E-state index in [-0.39, 0.29) is 24.0 Å². The molecule has 1 N–H and O–H groups in total. The van der Waals surface area contributed by atoms with Crippen LogP contribution in [0.1, 0.15) is 18.2 Å². The Morgan fingerprint density at radius 3 is 2.70 bits per heavy atom. The fourth-order valence-corrected chi connectivity index (χ4v) is 2.55. The average Bonchev–Trinajstić information content (AvgIpc) is 2.91. The minimum absolute atomic E-state index is 0. The third-order valence-electron chi connectivity index (χ3n) is 3.38. The lowest BCUT2D eigenvalue weighted by atomic mass is 10.2. The summed E-state index contributed by atoms with van der Waals surface area (Å²) in [7, 11) is 3.98. The third kappa shape index (κ3) is 5.80. The zero-order valence-corrected chi connectivity index (χ0v) is 17.6. The standard InChI is InChI=1S/C16H22BrN5.HI/c1-4-18-16(19-11-14-9-10-20-22(14)3)21(2)12-13-7-5-6-8-15(13)17;/h5-10H,4,11-12H2,1-3H3,(H,18,19);1H. The molecule has 0 unspecified atom stereocenters. The van der Waals surface area contributed by atoms with E-state index in [4.69, 9.17) is 4.99 Å². The Morgan fingerprint density at radius 1 is 1.35 bits per heavy atom. The Labute approximate surface area is 163 Å². The number of hydrogen-bond donors (Lipinski definition) is 1. The van der Waals surface area contributed by atoms with Crippen LogP contribution in [0.4, 0.5) is 0 Å². The normalized spacial score (nSPS) is 11.0. The van der Waals surface area contributed by atoms with Gasteiger partial charge in [0, 0.05) is 37.9 Å². The molecule has 0 fully saturated rings. The topological polar surface area (TPSA) is 45.5 Å². The summed E-state index contributed by atoms with van der Waals surface area (Å²) in [6.07, 6.45) is 1.79. The molecule has 0 spiro atoms. The monoisotopic (exact) mass is 491 g/mol. The first kappa shape index (κ1) is 20.0. The number of nitrogens with one attached hydrogen (secondary N) is 1. The first-order chi connectivity index (χ1) is 10.6. The number of rotatable bonds is 5. The number of halogens is 2. The minimum atomic E-state index is 0. The molecular weight excluding hydrogens is 469 g/mol. The van der Waals surface area contributed by atoms with Crippen LogP contribution in [0.5, 0.6) is 0 Å². The van der Waals surface area contributed by atoms with Gasteiger partial charge in [0.25, 0.3) is 0 Å². The summed E-state index contributed by atoms with van der Waals surface area (Å²) in [6, 6.07) is 10.2. The summed E-state index contributed by atoms with van der Waals surface area (Å²) >= 11 is 3.59. The zero-order valence-electron chi connectivity index (χ0n) is 13.7. The molecule has 23 heavy (non-hydrogen) atoms. The van der Waals surface area contributed by atoms with Crippen molar-refractivity contribution in [3.63, 3.8) is 0 Å². The van der Waals surface area contributed by atoms with Crippen LogP contribution < -0.4 is 5.32 Å². The molecule has 0 aliphatic rings. The lowest BCUT2D eigenvalue weighted by molar-refractivity contribution is 0.475. The summed E-state index contributed by atoms with van der Waals surface area (Å²) in [5.74, 6) is 0.888. The fraction of sp³-hybridized carbons (Fsp3) is 0.375. The summed E-state index contributed by atoms with van der Waals surface area (Å²) < 4.78 is 2.96. The highest BCUT2D eigenvalue weighted by molar-refractivity contribution is 14.0. The van der Waals surface area contributed by atoms with Crippen LogP contribution in [0.15, 0.2) is 46.0 Å². The van der Waals surface area contributed by atoms with E-state index < -0.39 is 0 Å². The van der Waals surface area contributed by atoms with E-state index in [0.29, 0.717) is 6.54 Å². The van der Waals surface area contributed by atoms with Crippen LogP contribution in [-0.2, 0) is 20.1 Å². The van der Waals surface area contributed by atoms with Gasteiger partial charge >= 0.3 is 0 Å². The fourth-order valence-electron chi connectivity index (χ4n) is 2.14. The van der Waals surface area contributed by atoms with Crippen molar-refractivity contribution in [1.29, 1.82) is 0 Å². The van der Waals surface area contributed by atoms with E-state index in [0.717, 1.165) is 29.2 Å². The zero-order chi connectivity index (χ0) is 15.9.